The minimum atomic E-state index is -0.552. The molecule has 118 valence electrons. The van der Waals surface area contributed by atoms with E-state index in [1.165, 1.54) is 28.9 Å². The Morgan fingerprint density at radius 1 is 1.22 bits per heavy atom. The highest BCUT2D eigenvalue weighted by Crippen LogP contribution is 2.19. The van der Waals surface area contributed by atoms with Crippen LogP contribution in [0.25, 0.3) is 11.5 Å². The normalized spacial score (nSPS) is 10.8. The molecule has 2 aromatic heterocycles. The van der Waals surface area contributed by atoms with Gasteiger partial charge in [0.25, 0.3) is 5.69 Å². The van der Waals surface area contributed by atoms with Crippen LogP contribution in [0.5, 0.6) is 0 Å². The van der Waals surface area contributed by atoms with Crippen LogP contribution in [0, 0.1) is 10.1 Å². The van der Waals surface area contributed by atoms with E-state index in [0.29, 0.717) is 25.1 Å². The van der Waals surface area contributed by atoms with E-state index in [4.69, 9.17) is 4.42 Å². The van der Waals surface area contributed by atoms with Crippen molar-refractivity contribution in [1.82, 2.24) is 19.3 Å². The number of imidazole rings is 1. The Morgan fingerprint density at radius 2 is 2.00 bits per heavy atom. The Labute approximate surface area is 130 Å². The molecule has 0 aliphatic carbocycles. The van der Waals surface area contributed by atoms with Crippen molar-refractivity contribution in [2.45, 2.75) is 19.5 Å². The Hall–Kier alpha value is -3.23. The molecule has 0 aliphatic rings. The van der Waals surface area contributed by atoms with Crippen molar-refractivity contribution in [1.29, 1.82) is 0 Å². The maximum atomic E-state index is 11.8. The third-order valence-electron chi connectivity index (χ3n) is 3.28. The summed E-state index contributed by atoms with van der Waals surface area (Å²) in [7, 11) is 0. The van der Waals surface area contributed by atoms with E-state index >= 15 is 0 Å². The summed E-state index contributed by atoms with van der Waals surface area (Å²) in [5.74, 6) is -0.406. The van der Waals surface area contributed by atoms with Gasteiger partial charge < -0.3 is 8.98 Å². The molecule has 9 heteroatoms. The molecule has 1 aromatic carbocycles. The first-order valence-electron chi connectivity index (χ1n) is 6.92. The summed E-state index contributed by atoms with van der Waals surface area (Å²) in [6.07, 6.45) is 5.93. The number of hydrogen-bond donors (Lipinski definition) is 0. The van der Waals surface area contributed by atoms with Crippen molar-refractivity contribution >= 4 is 5.69 Å². The van der Waals surface area contributed by atoms with Crippen LogP contribution in [0.15, 0.2) is 52.2 Å². The third kappa shape index (κ3) is 3.34. The molecule has 2 heterocycles. The standard InChI is InChI=1S/C14H13N5O4/c20-14-18(8-1-7-17-9-6-15-10-17)16-13(23-14)11-2-4-12(5-3-11)19(21)22/h2-6,9-10H,1,7-8H2. The number of nitro benzene ring substituents is 1. The number of aromatic nitrogens is 4. The van der Waals surface area contributed by atoms with Gasteiger partial charge in [-0.3, -0.25) is 10.1 Å². The lowest BCUT2D eigenvalue weighted by molar-refractivity contribution is -0.384. The smallest absolute Gasteiger partial charge is 0.388 e. The molecule has 0 saturated heterocycles. The minimum Gasteiger partial charge on any atom is -0.388 e. The average Bonchev–Trinajstić information content (AvgIpc) is 3.18. The SMILES string of the molecule is O=c1oc(-c2ccc([N+](=O)[O-])cc2)nn1CCCn1ccnc1. The number of nitro groups is 1. The van der Waals surface area contributed by atoms with Gasteiger partial charge in [-0.25, -0.2) is 9.78 Å². The maximum Gasteiger partial charge on any atom is 0.437 e. The van der Waals surface area contributed by atoms with E-state index in [9.17, 15) is 14.9 Å². The predicted octanol–water partition coefficient (Wildman–Crippen LogP) is 1.70. The quantitative estimate of drug-likeness (QED) is 0.506. The maximum absolute atomic E-state index is 11.8. The summed E-state index contributed by atoms with van der Waals surface area (Å²) < 4.78 is 8.24. The fraction of sp³-hybridized carbons (Fsp3) is 0.214. The lowest BCUT2D eigenvalue weighted by Crippen LogP contribution is -2.16. The van der Waals surface area contributed by atoms with E-state index in [1.807, 2.05) is 10.8 Å². The highest BCUT2D eigenvalue weighted by molar-refractivity contribution is 5.55. The van der Waals surface area contributed by atoms with Gasteiger partial charge >= 0.3 is 5.76 Å². The van der Waals surface area contributed by atoms with Gasteiger partial charge in [-0.2, -0.15) is 4.68 Å². The zero-order chi connectivity index (χ0) is 16.2. The summed E-state index contributed by atoms with van der Waals surface area (Å²) in [5, 5.41) is 14.7. The van der Waals surface area contributed by atoms with E-state index in [-0.39, 0.29) is 11.6 Å². The molecule has 0 atom stereocenters. The lowest BCUT2D eigenvalue weighted by atomic mass is 10.2. The van der Waals surface area contributed by atoms with Crippen molar-refractivity contribution in [2.75, 3.05) is 0 Å². The third-order valence-corrected chi connectivity index (χ3v) is 3.28. The van der Waals surface area contributed by atoms with Crippen LogP contribution in [0.4, 0.5) is 5.69 Å². The first kappa shape index (κ1) is 14.7. The number of non-ortho nitro benzene ring substituents is 1. The molecule has 0 bridgehead atoms. The topological polar surface area (TPSA) is 109 Å². The lowest BCUT2D eigenvalue weighted by Gasteiger charge is -2.00. The molecule has 0 saturated carbocycles. The largest absolute Gasteiger partial charge is 0.437 e. The summed E-state index contributed by atoms with van der Waals surface area (Å²) in [5.41, 5.74) is 0.483. The van der Waals surface area contributed by atoms with Gasteiger partial charge in [-0.05, 0) is 18.6 Å². The van der Waals surface area contributed by atoms with Crippen molar-refractivity contribution in [2.24, 2.45) is 0 Å². The molecule has 0 unspecified atom stereocenters. The van der Waals surface area contributed by atoms with E-state index < -0.39 is 10.7 Å². The Kier molecular flexibility index (Phi) is 4.00. The number of nitrogens with zero attached hydrogens (tertiary/aromatic N) is 5. The molecule has 0 spiro atoms. The van der Waals surface area contributed by atoms with Gasteiger partial charge in [0, 0.05) is 43.2 Å². The highest BCUT2D eigenvalue weighted by Gasteiger charge is 2.12. The van der Waals surface area contributed by atoms with Crippen molar-refractivity contribution in [3.63, 3.8) is 0 Å². The van der Waals surface area contributed by atoms with E-state index in [0.717, 1.165) is 0 Å². The van der Waals surface area contributed by atoms with Crippen molar-refractivity contribution in [3.8, 4) is 11.5 Å². The van der Waals surface area contributed by atoms with Crippen LogP contribution in [0.1, 0.15) is 6.42 Å². The van der Waals surface area contributed by atoms with Gasteiger partial charge in [0.2, 0.25) is 5.89 Å². The molecular formula is C14H13N5O4. The first-order chi connectivity index (χ1) is 11.1. The van der Waals surface area contributed by atoms with Crippen LogP contribution >= 0.6 is 0 Å². The van der Waals surface area contributed by atoms with E-state index in [1.54, 1.807) is 12.5 Å². The second kappa shape index (κ2) is 6.26. The molecule has 3 rings (SSSR count). The fourth-order valence-corrected chi connectivity index (χ4v) is 2.11. The van der Waals surface area contributed by atoms with Gasteiger partial charge in [-0.15, -0.1) is 5.10 Å². The fourth-order valence-electron chi connectivity index (χ4n) is 2.11. The molecular weight excluding hydrogens is 302 g/mol. The molecule has 0 N–H and O–H groups in total. The Bertz CT molecular complexity index is 848. The second-order valence-corrected chi connectivity index (χ2v) is 4.85. The molecule has 0 fully saturated rings. The molecule has 3 aromatic rings. The van der Waals surface area contributed by atoms with Crippen LogP contribution in [0.2, 0.25) is 0 Å². The summed E-state index contributed by atoms with van der Waals surface area (Å²) >= 11 is 0. The Morgan fingerprint density at radius 3 is 2.65 bits per heavy atom. The van der Waals surface area contributed by atoms with Crippen LogP contribution in [-0.4, -0.2) is 24.3 Å². The van der Waals surface area contributed by atoms with Gasteiger partial charge in [0.1, 0.15) is 0 Å². The van der Waals surface area contributed by atoms with Gasteiger partial charge in [-0.1, -0.05) is 0 Å². The average molecular weight is 315 g/mol. The Balaban J connectivity index is 1.70. The van der Waals surface area contributed by atoms with Crippen molar-refractivity contribution in [3.05, 3.63) is 63.7 Å². The molecule has 23 heavy (non-hydrogen) atoms. The predicted molar refractivity (Wildman–Crippen MR) is 79.7 cm³/mol. The van der Waals surface area contributed by atoms with Gasteiger partial charge in [0.15, 0.2) is 0 Å². The number of benzene rings is 1. The molecule has 9 nitrogen and oxygen atoms in total. The summed E-state index contributed by atoms with van der Waals surface area (Å²) in [6.45, 7) is 1.12. The molecule has 0 aliphatic heterocycles. The zero-order valence-electron chi connectivity index (χ0n) is 12.0. The number of hydrogen-bond acceptors (Lipinski definition) is 6. The summed E-state index contributed by atoms with van der Waals surface area (Å²) in [4.78, 5) is 25.9. The highest BCUT2D eigenvalue weighted by atomic mass is 16.6. The monoisotopic (exact) mass is 315 g/mol. The first-order valence-corrected chi connectivity index (χ1v) is 6.92. The van der Waals surface area contributed by atoms with Crippen LogP contribution in [-0.2, 0) is 13.1 Å². The van der Waals surface area contributed by atoms with Crippen LogP contribution < -0.4 is 5.76 Å². The zero-order valence-corrected chi connectivity index (χ0v) is 12.0. The summed E-state index contributed by atoms with van der Waals surface area (Å²) in [6, 6.07) is 5.68. The van der Waals surface area contributed by atoms with Crippen LogP contribution in [0.3, 0.4) is 0 Å². The van der Waals surface area contributed by atoms with Crippen molar-refractivity contribution < 1.29 is 9.34 Å². The molecule has 0 radical (unpaired) electrons. The van der Waals surface area contributed by atoms with E-state index in [2.05, 4.69) is 10.1 Å². The number of rotatable bonds is 6. The van der Waals surface area contributed by atoms with Gasteiger partial charge in [0.05, 0.1) is 11.3 Å². The second-order valence-electron chi connectivity index (χ2n) is 4.85. The minimum absolute atomic E-state index is 0.0316. The number of aryl methyl sites for hydroxylation is 2. The molecule has 0 amide bonds.